The Balaban J connectivity index is 1.90. The lowest BCUT2D eigenvalue weighted by Crippen LogP contribution is -2.38. The second-order valence-electron chi connectivity index (χ2n) is 5.44. The molecule has 106 valence electrons. The Morgan fingerprint density at radius 3 is 2.52 bits per heavy atom. The molecule has 2 aromatic rings. The van der Waals surface area contributed by atoms with E-state index in [-0.39, 0.29) is 18.1 Å². The summed E-state index contributed by atoms with van der Waals surface area (Å²) in [7, 11) is 0. The van der Waals surface area contributed by atoms with Gasteiger partial charge >= 0.3 is 0 Å². The minimum absolute atomic E-state index is 0.0332. The van der Waals surface area contributed by atoms with Crippen LogP contribution >= 0.6 is 22.6 Å². The molecule has 3 nitrogen and oxygen atoms in total. The number of benzene rings is 2. The van der Waals surface area contributed by atoms with Gasteiger partial charge in [-0.15, -0.1) is 0 Å². The zero-order chi connectivity index (χ0) is 15.0. The van der Waals surface area contributed by atoms with E-state index in [2.05, 4.69) is 27.9 Å². The molecule has 21 heavy (non-hydrogen) atoms. The topological polar surface area (TPSA) is 46.2 Å². The Morgan fingerprint density at radius 2 is 1.81 bits per heavy atom. The van der Waals surface area contributed by atoms with Gasteiger partial charge in [0.25, 0.3) is 5.91 Å². The normalized spacial score (nSPS) is 20.0. The number of hydrogen-bond acceptors (Lipinski definition) is 2. The molecule has 0 aromatic heterocycles. The first-order chi connectivity index (χ1) is 9.99. The summed E-state index contributed by atoms with van der Waals surface area (Å²) in [6, 6.07) is 14.9. The van der Waals surface area contributed by atoms with Crippen LogP contribution in [0.3, 0.4) is 0 Å². The first-order valence-corrected chi connectivity index (χ1v) is 7.78. The lowest BCUT2D eigenvalue weighted by Gasteiger charge is -2.24. The minimum atomic E-state index is -0.631. The summed E-state index contributed by atoms with van der Waals surface area (Å²) < 4.78 is 1.09. The molecule has 1 unspecified atom stereocenters. The Hall–Kier alpha value is -1.69. The highest BCUT2D eigenvalue weighted by Gasteiger charge is 2.40. The number of fused-ring (bicyclic) bond motifs is 1. The van der Waals surface area contributed by atoms with Gasteiger partial charge in [0.2, 0.25) is 0 Å². The number of Topliss-reactive ketones (excluding diaryl/α,β-unsaturated/α-hetero) is 1. The van der Waals surface area contributed by atoms with Gasteiger partial charge in [-0.25, -0.2) is 0 Å². The molecule has 2 aromatic carbocycles. The summed E-state index contributed by atoms with van der Waals surface area (Å²) in [5.41, 5.74) is 1.60. The van der Waals surface area contributed by atoms with E-state index >= 15 is 0 Å². The molecule has 0 spiro atoms. The van der Waals surface area contributed by atoms with Crippen molar-refractivity contribution in [3.63, 3.8) is 0 Å². The summed E-state index contributed by atoms with van der Waals surface area (Å²) in [6.45, 7) is 1.90. The molecule has 1 amide bonds. The molecule has 0 bridgehead atoms. The van der Waals surface area contributed by atoms with Gasteiger partial charge in [0, 0.05) is 21.1 Å². The average molecular weight is 391 g/mol. The van der Waals surface area contributed by atoms with Gasteiger partial charge in [0.1, 0.15) is 0 Å². The van der Waals surface area contributed by atoms with Gasteiger partial charge in [0.05, 0.1) is 5.54 Å². The van der Waals surface area contributed by atoms with Gasteiger partial charge in [-0.2, -0.15) is 0 Å². The van der Waals surface area contributed by atoms with Gasteiger partial charge < -0.3 is 5.32 Å². The summed E-state index contributed by atoms with van der Waals surface area (Å²) in [6.07, 6.45) is 0.260. The summed E-state index contributed by atoms with van der Waals surface area (Å²) in [4.78, 5) is 24.5. The molecular formula is C17H14INO2. The van der Waals surface area contributed by atoms with Crippen LogP contribution in [0.2, 0.25) is 0 Å². The Bertz CT molecular complexity index is 724. The Kier molecular flexibility index (Phi) is 3.57. The van der Waals surface area contributed by atoms with E-state index in [1.807, 2.05) is 49.4 Å². The number of carbonyl (C=O) groups excluding carboxylic acids is 2. The number of nitrogens with one attached hydrogen (secondary N) is 1. The maximum atomic E-state index is 12.5. The van der Waals surface area contributed by atoms with Crippen LogP contribution in [0.1, 0.15) is 39.6 Å². The molecule has 1 aliphatic heterocycles. The third-order valence-electron chi connectivity index (χ3n) is 3.84. The highest BCUT2D eigenvalue weighted by Crippen LogP contribution is 2.34. The SMILES string of the molecule is CC1(CC(=O)c2ccc(I)cc2)NC(=O)c2ccccc21. The van der Waals surface area contributed by atoms with E-state index in [1.165, 1.54) is 0 Å². The summed E-state index contributed by atoms with van der Waals surface area (Å²) in [5, 5.41) is 2.95. The van der Waals surface area contributed by atoms with E-state index in [1.54, 1.807) is 6.07 Å². The maximum Gasteiger partial charge on any atom is 0.252 e. The molecule has 4 heteroatoms. The van der Waals surface area contributed by atoms with Crippen molar-refractivity contribution in [2.75, 3.05) is 0 Å². The van der Waals surface area contributed by atoms with Crippen LogP contribution in [-0.4, -0.2) is 11.7 Å². The number of rotatable bonds is 3. The molecule has 1 heterocycles. The number of ketones is 1. The molecule has 0 fully saturated rings. The number of amides is 1. The van der Waals surface area contributed by atoms with Crippen molar-refractivity contribution in [2.24, 2.45) is 0 Å². The van der Waals surface area contributed by atoms with Crippen molar-refractivity contribution in [3.05, 3.63) is 68.8 Å². The molecule has 0 radical (unpaired) electrons. The first kappa shape index (κ1) is 14.3. The smallest absolute Gasteiger partial charge is 0.252 e. The standard InChI is InChI=1S/C17H14INO2/c1-17(10-15(20)11-6-8-12(18)9-7-11)14-5-3-2-4-13(14)16(21)19-17/h2-9H,10H2,1H3,(H,19,21). The van der Waals surface area contributed by atoms with Crippen LogP contribution in [0.25, 0.3) is 0 Å². The van der Waals surface area contributed by atoms with E-state index in [0.29, 0.717) is 11.1 Å². The molecule has 1 N–H and O–H groups in total. The Morgan fingerprint density at radius 1 is 1.14 bits per heavy atom. The fraction of sp³-hybridized carbons (Fsp3) is 0.176. The predicted molar refractivity (Wildman–Crippen MR) is 89.4 cm³/mol. The summed E-state index contributed by atoms with van der Waals surface area (Å²) in [5.74, 6) is -0.0746. The Labute approximate surface area is 136 Å². The van der Waals surface area contributed by atoms with Gasteiger partial charge in [-0.05, 0) is 53.3 Å². The van der Waals surface area contributed by atoms with Crippen molar-refractivity contribution in [2.45, 2.75) is 18.9 Å². The molecule has 1 aliphatic rings. The molecular weight excluding hydrogens is 377 g/mol. The second-order valence-corrected chi connectivity index (χ2v) is 6.68. The van der Waals surface area contributed by atoms with E-state index in [9.17, 15) is 9.59 Å². The highest BCUT2D eigenvalue weighted by molar-refractivity contribution is 14.1. The van der Waals surface area contributed by atoms with Crippen molar-refractivity contribution in [3.8, 4) is 0 Å². The third kappa shape index (κ3) is 2.60. The van der Waals surface area contributed by atoms with Crippen LogP contribution in [-0.2, 0) is 5.54 Å². The van der Waals surface area contributed by atoms with Crippen LogP contribution < -0.4 is 5.32 Å². The number of halogens is 1. The second kappa shape index (κ2) is 5.26. The van der Waals surface area contributed by atoms with Gasteiger partial charge in [-0.3, -0.25) is 9.59 Å². The van der Waals surface area contributed by atoms with Crippen LogP contribution in [0.4, 0.5) is 0 Å². The molecule has 3 rings (SSSR count). The van der Waals surface area contributed by atoms with Crippen LogP contribution in [0, 0.1) is 3.57 Å². The van der Waals surface area contributed by atoms with Crippen molar-refractivity contribution in [1.29, 1.82) is 0 Å². The quantitative estimate of drug-likeness (QED) is 0.643. The van der Waals surface area contributed by atoms with Crippen LogP contribution in [0.5, 0.6) is 0 Å². The summed E-state index contributed by atoms with van der Waals surface area (Å²) >= 11 is 2.21. The van der Waals surface area contributed by atoms with E-state index < -0.39 is 5.54 Å². The zero-order valence-corrected chi connectivity index (χ0v) is 13.7. The molecule has 0 aliphatic carbocycles. The maximum absolute atomic E-state index is 12.5. The van der Waals surface area contributed by atoms with Crippen molar-refractivity contribution < 1.29 is 9.59 Å². The number of hydrogen-bond donors (Lipinski definition) is 1. The zero-order valence-electron chi connectivity index (χ0n) is 11.5. The molecule has 0 saturated heterocycles. The monoisotopic (exact) mass is 391 g/mol. The van der Waals surface area contributed by atoms with E-state index in [0.717, 1.165) is 9.13 Å². The lowest BCUT2D eigenvalue weighted by atomic mass is 9.86. The minimum Gasteiger partial charge on any atom is -0.342 e. The largest absolute Gasteiger partial charge is 0.342 e. The molecule has 0 saturated carbocycles. The third-order valence-corrected chi connectivity index (χ3v) is 4.56. The van der Waals surface area contributed by atoms with Crippen LogP contribution in [0.15, 0.2) is 48.5 Å². The van der Waals surface area contributed by atoms with Gasteiger partial charge in [-0.1, -0.05) is 30.3 Å². The number of carbonyl (C=O) groups is 2. The average Bonchev–Trinajstić information content (AvgIpc) is 2.72. The fourth-order valence-electron chi connectivity index (χ4n) is 2.75. The predicted octanol–water partition coefficient (Wildman–Crippen LogP) is 3.52. The van der Waals surface area contributed by atoms with Gasteiger partial charge in [0.15, 0.2) is 5.78 Å². The highest BCUT2D eigenvalue weighted by atomic mass is 127. The fourth-order valence-corrected chi connectivity index (χ4v) is 3.11. The van der Waals surface area contributed by atoms with Crippen molar-refractivity contribution >= 4 is 34.3 Å². The lowest BCUT2D eigenvalue weighted by molar-refractivity contribution is 0.0894. The van der Waals surface area contributed by atoms with E-state index in [4.69, 9.17) is 0 Å². The molecule has 1 atom stereocenters. The van der Waals surface area contributed by atoms with Crippen molar-refractivity contribution in [1.82, 2.24) is 5.32 Å². The first-order valence-electron chi connectivity index (χ1n) is 6.70.